The molecule has 1 saturated heterocycles. The Labute approximate surface area is 90.5 Å². The van der Waals surface area contributed by atoms with Crippen molar-refractivity contribution >= 4 is 5.91 Å². The summed E-state index contributed by atoms with van der Waals surface area (Å²) in [5, 5.41) is 8.61. The van der Waals surface area contributed by atoms with Crippen molar-refractivity contribution in [3.63, 3.8) is 0 Å². The van der Waals surface area contributed by atoms with Crippen molar-refractivity contribution < 1.29 is 14.6 Å². The average molecular weight is 213 g/mol. The van der Waals surface area contributed by atoms with Crippen LogP contribution in [0.3, 0.4) is 0 Å². The molecule has 1 aliphatic rings. The number of hydrogen-bond donors (Lipinski definition) is 1. The van der Waals surface area contributed by atoms with E-state index in [1.807, 2.05) is 11.8 Å². The highest BCUT2D eigenvalue weighted by atomic mass is 16.5. The normalized spacial score (nSPS) is 18.7. The van der Waals surface area contributed by atoms with E-state index in [0.717, 1.165) is 25.9 Å². The second kappa shape index (κ2) is 6.58. The summed E-state index contributed by atoms with van der Waals surface area (Å²) < 4.78 is 5.41. The first-order chi connectivity index (χ1) is 7.27. The molecule has 86 valence electrons. The van der Waals surface area contributed by atoms with E-state index < -0.39 is 0 Å². The summed E-state index contributed by atoms with van der Waals surface area (Å²) >= 11 is 0. The number of nitrogens with zero attached hydrogens (tertiary/aromatic N) is 1. The van der Waals surface area contributed by atoms with Gasteiger partial charge < -0.3 is 14.7 Å². The van der Waals surface area contributed by atoms with Crippen LogP contribution in [0.4, 0.5) is 0 Å². The molecule has 1 N–H and O–H groups in total. The number of carbonyl (C=O) groups is 1. The van der Waals surface area contributed by atoms with Crippen LogP contribution in [-0.2, 0) is 9.53 Å². The van der Waals surface area contributed by atoms with Crippen LogP contribution in [0.5, 0.6) is 0 Å². The van der Waals surface area contributed by atoms with Crippen molar-refractivity contribution in [3.05, 3.63) is 12.2 Å². The van der Waals surface area contributed by atoms with Crippen LogP contribution in [0, 0.1) is 0 Å². The number of aliphatic hydroxyl groups excluding tert-OH is 1. The molecule has 1 amide bonds. The van der Waals surface area contributed by atoms with Crippen molar-refractivity contribution in [2.75, 3.05) is 26.3 Å². The fourth-order valence-corrected chi connectivity index (χ4v) is 1.71. The van der Waals surface area contributed by atoms with E-state index in [4.69, 9.17) is 9.84 Å². The predicted molar refractivity (Wildman–Crippen MR) is 57.5 cm³/mol. The van der Waals surface area contributed by atoms with Gasteiger partial charge in [0.25, 0.3) is 0 Å². The molecule has 4 heteroatoms. The predicted octanol–water partition coefficient (Wildman–Crippen LogP) is 0.562. The minimum atomic E-state index is 0.0672. The fourth-order valence-electron chi connectivity index (χ4n) is 1.71. The highest BCUT2D eigenvalue weighted by Gasteiger charge is 2.21. The maximum Gasteiger partial charge on any atom is 0.246 e. The standard InChI is InChI=1S/C11H19NO3/c1-2-3-11(14)12-6-4-10(5-7-12)15-9-8-13/h2-3,10,13H,4-9H2,1H3/b3-2+. The molecule has 0 spiro atoms. The summed E-state index contributed by atoms with van der Waals surface area (Å²) in [6, 6.07) is 0. The van der Waals surface area contributed by atoms with Crippen LogP contribution >= 0.6 is 0 Å². The van der Waals surface area contributed by atoms with Gasteiger partial charge >= 0.3 is 0 Å². The van der Waals surface area contributed by atoms with Crippen LogP contribution in [0.15, 0.2) is 12.2 Å². The molecule has 0 atom stereocenters. The first-order valence-electron chi connectivity index (χ1n) is 5.42. The molecule has 0 unspecified atom stereocenters. The van der Waals surface area contributed by atoms with Gasteiger partial charge in [0.05, 0.1) is 19.3 Å². The molecule has 1 fully saturated rings. The van der Waals surface area contributed by atoms with Crippen LogP contribution < -0.4 is 0 Å². The van der Waals surface area contributed by atoms with Crippen LogP contribution in [0.2, 0.25) is 0 Å². The van der Waals surface area contributed by atoms with E-state index in [1.165, 1.54) is 0 Å². The number of amides is 1. The Bertz CT molecular complexity index is 220. The Morgan fingerprint density at radius 3 is 2.73 bits per heavy atom. The summed E-state index contributed by atoms with van der Waals surface area (Å²) in [5.74, 6) is 0.0816. The Morgan fingerprint density at radius 2 is 2.20 bits per heavy atom. The van der Waals surface area contributed by atoms with Crippen molar-refractivity contribution in [1.29, 1.82) is 0 Å². The molecule has 1 aliphatic heterocycles. The molecule has 0 bridgehead atoms. The van der Waals surface area contributed by atoms with Crippen LogP contribution in [0.25, 0.3) is 0 Å². The van der Waals surface area contributed by atoms with Crippen molar-refractivity contribution in [2.45, 2.75) is 25.9 Å². The molecule has 0 aliphatic carbocycles. The van der Waals surface area contributed by atoms with Crippen molar-refractivity contribution in [1.82, 2.24) is 4.90 Å². The number of carbonyl (C=O) groups excluding carboxylic acids is 1. The Kier molecular flexibility index (Phi) is 5.36. The second-order valence-electron chi connectivity index (χ2n) is 3.62. The Hall–Kier alpha value is -0.870. The molecular weight excluding hydrogens is 194 g/mol. The van der Waals surface area contributed by atoms with Gasteiger partial charge in [0.1, 0.15) is 0 Å². The first kappa shape index (κ1) is 12.2. The summed E-state index contributed by atoms with van der Waals surface area (Å²) in [6.45, 7) is 3.80. The number of ether oxygens (including phenoxy) is 1. The van der Waals surface area contributed by atoms with E-state index in [2.05, 4.69) is 0 Å². The summed E-state index contributed by atoms with van der Waals surface area (Å²) in [5.41, 5.74) is 0. The molecule has 15 heavy (non-hydrogen) atoms. The van der Waals surface area contributed by atoms with E-state index in [0.29, 0.717) is 6.61 Å². The lowest BCUT2D eigenvalue weighted by atomic mass is 10.1. The SMILES string of the molecule is C/C=C/C(=O)N1CCC(OCCO)CC1. The van der Waals surface area contributed by atoms with E-state index >= 15 is 0 Å². The van der Waals surface area contributed by atoms with Gasteiger partial charge in [-0.15, -0.1) is 0 Å². The number of allylic oxidation sites excluding steroid dienone is 1. The third-order valence-electron chi connectivity index (χ3n) is 2.51. The molecule has 0 radical (unpaired) electrons. The van der Waals surface area contributed by atoms with Crippen LogP contribution in [0.1, 0.15) is 19.8 Å². The average Bonchev–Trinajstić information content (AvgIpc) is 2.27. The highest BCUT2D eigenvalue weighted by Crippen LogP contribution is 2.13. The molecule has 1 heterocycles. The number of likely N-dealkylation sites (tertiary alicyclic amines) is 1. The number of rotatable bonds is 4. The monoisotopic (exact) mass is 213 g/mol. The zero-order chi connectivity index (χ0) is 11.1. The summed E-state index contributed by atoms with van der Waals surface area (Å²) in [6.07, 6.45) is 5.28. The smallest absolute Gasteiger partial charge is 0.246 e. The van der Waals surface area contributed by atoms with Gasteiger partial charge in [-0.1, -0.05) is 6.08 Å². The summed E-state index contributed by atoms with van der Waals surface area (Å²) in [7, 11) is 0. The van der Waals surface area contributed by atoms with Crippen molar-refractivity contribution in [2.24, 2.45) is 0 Å². The lowest BCUT2D eigenvalue weighted by Gasteiger charge is -2.31. The quantitative estimate of drug-likeness (QED) is 0.694. The van der Waals surface area contributed by atoms with E-state index in [9.17, 15) is 4.79 Å². The van der Waals surface area contributed by atoms with Gasteiger partial charge in [-0.2, -0.15) is 0 Å². The third kappa shape index (κ3) is 4.01. The zero-order valence-corrected chi connectivity index (χ0v) is 9.19. The molecule has 0 saturated carbocycles. The molecular formula is C11H19NO3. The molecule has 0 aromatic carbocycles. The first-order valence-corrected chi connectivity index (χ1v) is 5.42. The molecule has 1 rings (SSSR count). The van der Waals surface area contributed by atoms with Crippen LogP contribution in [-0.4, -0.2) is 48.3 Å². The van der Waals surface area contributed by atoms with Gasteiger partial charge in [0.15, 0.2) is 0 Å². The fraction of sp³-hybridized carbons (Fsp3) is 0.727. The third-order valence-corrected chi connectivity index (χ3v) is 2.51. The van der Waals surface area contributed by atoms with Gasteiger partial charge in [-0.25, -0.2) is 0 Å². The highest BCUT2D eigenvalue weighted by molar-refractivity contribution is 5.87. The van der Waals surface area contributed by atoms with E-state index in [-0.39, 0.29) is 18.6 Å². The number of hydrogen-bond acceptors (Lipinski definition) is 3. The molecule has 0 aromatic rings. The van der Waals surface area contributed by atoms with Gasteiger partial charge in [0, 0.05) is 13.1 Å². The maximum absolute atomic E-state index is 11.5. The largest absolute Gasteiger partial charge is 0.394 e. The molecule has 4 nitrogen and oxygen atoms in total. The topological polar surface area (TPSA) is 49.8 Å². The lowest BCUT2D eigenvalue weighted by Crippen LogP contribution is -2.40. The Balaban J connectivity index is 2.26. The minimum absolute atomic E-state index is 0.0672. The number of piperidine rings is 1. The van der Waals surface area contributed by atoms with Crippen molar-refractivity contribution in [3.8, 4) is 0 Å². The Morgan fingerprint density at radius 1 is 1.53 bits per heavy atom. The van der Waals surface area contributed by atoms with E-state index in [1.54, 1.807) is 12.2 Å². The number of aliphatic hydroxyl groups is 1. The van der Waals surface area contributed by atoms with Gasteiger partial charge in [-0.05, 0) is 25.8 Å². The van der Waals surface area contributed by atoms with Gasteiger partial charge in [0.2, 0.25) is 5.91 Å². The van der Waals surface area contributed by atoms with Gasteiger partial charge in [-0.3, -0.25) is 4.79 Å². The zero-order valence-electron chi connectivity index (χ0n) is 9.19. The minimum Gasteiger partial charge on any atom is -0.394 e. The lowest BCUT2D eigenvalue weighted by molar-refractivity contribution is -0.128. The molecule has 0 aromatic heterocycles. The summed E-state index contributed by atoms with van der Waals surface area (Å²) in [4.78, 5) is 13.3. The second-order valence-corrected chi connectivity index (χ2v) is 3.62. The maximum atomic E-state index is 11.5.